The van der Waals surface area contributed by atoms with Crippen LogP contribution in [-0.4, -0.2) is 51.9 Å². The number of morpholine rings is 1. The second-order valence-electron chi connectivity index (χ2n) is 6.78. The molecular weight excluding hydrogens is 354 g/mol. The zero-order chi connectivity index (χ0) is 19.3. The lowest BCUT2D eigenvalue weighted by Crippen LogP contribution is -2.35. The SMILES string of the molecule is Cc1c(C(=O)Nc2ccc(CN3CCOCC3)cc2)cnn1-c1ccccn1. The average molecular weight is 377 g/mol. The maximum absolute atomic E-state index is 12.7. The van der Waals surface area contributed by atoms with Crippen LogP contribution in [0.5, 0.6) is 0 Å². The standard InChI is InChI=1S/C21H23N5O2/c1-16-19(14-23-26(16)20-4-2-3-9-22-20)21(27)24-18-7-5-17(6-8-18)15-25-10-12-28-13-11-25/h2-9,14H,10-13,15H2,1H3,(H,24,27). The molecule has 144 valence electrons. The Labute approximate surface area is 164 Å². The molecule has 7 nitrogen and oxygen atoms in total. The lowest BCUT2D eigenvalue weighted by atomic mass is 10.1. The largest absolute Gasteiger partial charge is 0.379 e. The summed E-state index contributed by atoms with van der Waals surface area (Å²) in [5, 5.41) is 7.25. The van der Waals surface area contributed by atoms with Crippen molar-refractivity contribution in [2.45, 2.75) is 13.5 Å². The molecule has 0 spiro atoms. The summed E-state index contributed by atoms with van der Waals surface area (Å²) in [4.78, 5) is 19.3. The molecule has 1 aliphatic rings. The van der Waals surface area contributed by atoms with Crippen molar-refractivity contribution in [3.8, 4) is 5.82 Å². The van der Waals surface area contributed by atoms with E-state index in [1.54, 1.807) is 17.1 Å². The molecule has 1 N–H and O–H groups in total. The summed E-state index contributed by atoms with van der Waals surface area (Å²) >= 11 is 0. The maximum Gasteiger partial charge on any atom is 0.259 e. The highest BCUT2D eigenvalue weighted by atomic mass is 16.5. The predicted octanol–water partition coefficient (Wildman–Crippen LogP) is 2.66. The van der Waals surface area contributed by atoms with Gasteiger partial charge >= 0.3 is 0 Å². The Hall–Kier alpha value is -3.03. The van der Waals surface area contributed by atoms with Gasteiger partial charge in [-0.2, -0.15) is 5.10 Å². The third-order valence-electron chi connectivity index (χ3n) is 4.84. The fourth-order valence-electron chi connectivity index (χ4n) is 3.25. The molecule has 0 radical (unpaired) electrons. The zero-order valence-electron chi connectivity index (χ0n) is 15.8. The van der Waals surface area contributed by atoms with Crippen molar-refractivity contribution in [1.29, 1.82) is 0 Å². The Balaban J connectivity index is 1.42. The summed E-state index contributed by atoms with van der Waals surface area (Å²) in [6, 6.07) is 13.6. The van der Waals surface area contributed by atoms with Crippen LogP contribution in [0.25, 0.3) is 5.82 Å². The molecule has 0 atom stereocenters. The number of benzene rings is 1. The minimum absolute atomic E-state index is 0.180. The molecule has 0 aliphatic carbocycles. The number of nitrogens with zero attached hydrogens (tertiary/aromatic N) is 4. The molecule has 1 saturated heterocycles. The predicted molar refractivity (Wildman–Crippen MR) is 107 cm³/mol. The van der Waals surface area contributed by atoms with Crippen molar-refractivity contribution in [3.63, 3.8) is 0 Å². The van der Waals surface area contributed by atoms with E-state index in [0.717, 1.165) is 44.2 Å². The number of hydrogen-bond donors (Lipinski definition) is 1. The average Bonchev–Trinajstić information content (AvgIpc) is 3.12. The van der Waals surface area contributed by atoms with Gasteiger partial charge in [-0.1, -0.05) is 18.2 Å². The lowest BCUT2D eigenvalue weighted by molar-refractivity contribution is 0.0342. The molecule has 3 heterocycles. The summed E-state index contributed by atoms with van der Waals surface area (Å²) < 4.78 is 7.05. The van der Waals surface area contributed by atoms with E-state index < -0.39 is 0 Å². The smallest absolute Gasteiger partial charge is 0.259 e. The first-order valence-electron chi connectivity index (χ1n) is 9.37. The molecule has 4 rings (SSSR count). The summed E-state index contributed by atoms with van der Waals surface area (Å²) in [5.41, 5.74) is 3.27. The minimum atomic E-state index is -0.180. The molecule has 28 heavy (non-hydrogen) atoms. The molecule has 7 heteroatoms. The van der Waals surface area contributed by atoms with Crippen molar-refractivity contribution < 1.29 is 9.53 Å². The molecular formula is C21H23N5O2. The molecule has 0 saturated carbocycles. The van der Waals surface area contributed by atoms with Gasteiger partial charge < -0.3 is 10.1 Å². The van der Waals surface area contributed by atoms with E-state index in [-0.39, 0.29) is 5.91 Å². The van der Waals surface area contributed by atoms with Crippen molar-refractivity contribution in [3.05, 3.63) is 71.7 Å². The van der Waals surface area contributed by atoms with Gasteiger partial charge in [-0.05, 0) is 36.8 Å². The van der Waals surface area contributed by atoms with Crippen LogP contribution < -0.4 is 5.32 Å². The zero-order valence-corrected chi connectivity index (χ0v) is 15.8. The summed E-state index contributed by atoms with van der Waals surface area (Å²) in [6.07, 6.45) is 3.28. The number of amides is 1. The lowest BCUT2D eigenvalue weighted by Gasteiger charge is -2.26. The summed E-state index contributed by atoms with van der Waals surface area (Å²) in [7, 11) is 0. The number of pyridine rings is 1. The topological polar surface area (TPSA) is 72.3 Å². The van der Waals surface area contributed by atoms with E-state index >= 15 is 0 Å². The Morgan fingerprint density at radius 1 is 1.14 bits per heavy atom. The third-order valence-corrected chi connectivity index (χ3v) is 4.84. The monoisotopic (exact) mass is 377 g/mol. The number of rotatable bonds is 5. The van der Waals surface area contributed by atoms with E-state index in [9.17, 15) is 4.79 Å². The Morgan fingerprint density at radius 3 is 2.64 bits per heavy atom. The van der Waals surface area contributed by atoms with E-state index in [2.05, 4.69) is 32.4 Å². The van der Waals surface area contributed by atoms with Gasteiger partial charge in [-0.3, -0.25) is 9.69 Å². The fraction of sp³-hybridized carbons (Fsp3) is 0.286. The first-order chi connectivity index (χ1) is 13.7. The summed E-state index contributed by atoms with van der Waals surface area (Å²) in [6.45, 7) is 6.25. The highest BCUT2D eigenvalue weighted by Gasteiger charge is 2.16. The Morgan fingerprint density at radius 2 is 1.93 bits per heavy atom. The molecule has 1 amide bonds. The van der Waals surface area contributed by atoms with E-state index in [0.29, 0.717) is 11.4 Å². The Kier molecular flexibility index (Phi) is 5.45. The van der Waals surface area contributed by atoms with Crippen molar-refractivity contribution in [2.75, 3.05) is 31.6 Å². The van der Waals surface area contributed by atoms with Crippen LogP contribution in [0.2, 0.25) is 0 Å². The van der Waals surface area contributed by atoms with Crippen molar-refractivity contribution in [2.24, 2.45) is 0 Å². The van der Waals surface area contributed by atoms with Crippen LogP contribution in [0.15, 0.2) is 54.9 Å². The van der Waals surface area contributed by atoms with E-state index in [1.807, 2.05) is 37.3 Å². The number of hydrogen-bond acceptors (Lipinski definition) is 5. The van der Waals surface area contributed by atoms with Gasteiger partial charge in [0, 0.05) is 31.5 Å². The highest BCUT2D eigenvalue weighted by Crippen LogP contribution is 2.16. The summed E-state index contributed by atoms with van der Waals surface area (Å²) in [5.74, 6) is 0.507. The number of carbonyl (C=O) groups is 1. The van der Waals surface area contributed by atoms with E-state index in [4.69, 9.17) is 4.74 Å². The molecule has 0 bridgehead atoms. The van der Waals surface area contributed by atoms with Crippen molar-refractivity contribution in [1.82, 2.24) is 19.7 Å². The third kappa shape index (κ3) is 4.11. The van der Waals surface area contributed by atoms with Crippen molar-refractivity contribution >= 4 is 11.6 Å². The Bertz CT molecular complexity index is 931. The van der Waals surface area contributed by atoms with Gasteiger partial charge in [0.1, 0.15) is 0 Å². The maximum atomic E-state index is 12.7. The number of ether oxygens (including phenoxy) is 1. The number of anilines is 1. The molecule has 1 fully saturated rings. The fourth-order valence-corrected chi connectivity index (χ4v) is 3.25. The molecule has 1 aromatic carbocycles. The molecule has 2 aromatic heterocycles. The van der Waals surface area contributed by atoms with E-state index in [1.165, 1.54) is 5.56 Å². The number of carbonyl (C=O) groups excluding carboxylic acids is 1. The normalized spacial score (nSPS) is 14.8. The van der Waals surface area contributed by atoms with Crippen LogP contribution in [0.4, 0.5) is 5.69 Å². The van der Waals surface area contributed by atoms with Crippen LogP contribution in [0.3, 0.4) is 0 Å². The first kappa shape index (κ1) is 18.3. The van der Waals surface area contributed by atoms with Gasteiger partial charge in [0.15, 0.2) is 5.82 Å². The van der Waals surface area contributed by atoms with Gasteiger partial charge in [-0.15, -0.1) is 0 Å². The highest BCUT2D eigenvalue weighted by molar-refractivity contribution is 6.04. The molecule has 3 aromatic rings. The van der Waals surface area contributed by atoms with Crippen LogP contribution >= 0.6 is 0 Å². The van der Waals surface area contributed by atoms with Gasteiger partial charge in [0.25, 0.3) is 5.91 Å². The molecule has 0 unspecified atom stereocenters. The number of aromatic nitrogens is 3. The van der Waals surface area contributed by atoms with Crippen LogP contribution in [0.1, 0.15) is 21.6 Å². The van der Waals surface area contributed by atoms with Gasteiger partial charge in [0.2, 0.25) is 0 Å². The van der Waals surface area contributed by atoms with Crippen LogP contribution in [0, 0.1) is 6.92 Å². The molecule has 1 aliphatic heterocycles. The first-order valence-corrected chi connectivity index (χ1v) is 9.37. The van der Waals surface area contributed by atoms with Gasteiger partial charge in [0.05, 0.1) is 30.7 Å². The second kappa shape index (κ2) is 8.33. The minimum Gasteiger partial charge on any atom is -0.379 e. The van der Waals surface area contributed by atoms with Crippen LogP contribution in [-0.2, 0) is 11.3 Å². The quantitative estimate of drug-likeness (QED) is 0.740. The van der Waals surface area contributed by atoms with Gasteiger partial charge in [-0.25, -0.2) is 9.67 Å². The second-order valence-corrected chi connectivity index (χ2v) is 6.78. The number of nitrogens with one attached hydrogen (secondary N) is 1.